The summed E-state index contributed by atoms with van der Waals surface area (Å²) in [6, 6.07) is 31.5. The second-order valence-corrected chi connectivity index (χ2v) is 12.2. The number of hydrogen-bond acceptors (Lipinski definition) is 5. The van der Waals surface area contributed by atoms with Gasteiger partial charge < -0.3 is 0 Å². The van der Waals surface area contributed by atoms with E-state index < -0.39 is 10.0 Å². The van der Waals surface area contributed by atoms with Crippen LogP contribution in [0.15, 0.2) is 108 Å². The Bertz CT molecular complexity index is 1730. The van der Waals surface area contributed by atoms with E-state index in [1.807, 2.05) is 25.1 Å². The zero-order valence-electron chi connectivity index (χ0n) is 22.2. The highest BCUT2D eigenvalue weighted by molar-refractivity contribution is 7.92. The highest BCUT2D eigenvalue weighted by atomic mass is 32.2. The number of nitrogens with zero attached hydrogens (tertiary/aromatic N) is 1. The number of anilines is 2. The molecule has 0 unspecified atom stereocenters. The molecule has 202 valence electrons. The Kier molecular flexibility index (Phi) is 8.09. The third-order valence-corrected chi connectivity index (χ3v) is 8.80. The van der Waals surface area contributed by atoms with Gasteiger partial charge in [-0.25, -0.2) is 13.4 Å². The maximum absolute atomic E-state index is 13.1. The number of rotatable bonds is 9. The first-order valence-electron chi connectivity index (χ1n) is 13.0. The minimum absolute atomic E-state index is 0.156. The first kappa shape index (κ1) is 27.3. The van der Waals surface area contributed by atoms with Gasteiger partial charge in [0.1, 0.15) is 0 Å². The van der Waals surface area contributed by atoms with Crippen LogP contribution in [-0.4, -0.2) is 19.3 Å². The minimum atomic E-state index is -3.78. The van der Waals surface area contributed by atoms with Gasteiger partial charge in [-0.15, -0.1) is 11.3 Å². The molecule has 0 saturated heterocycles. The van der Waals surface area contributed by atoms with Crippen molar-refractivity contribution in [2.45, 2.75) is 31.6 Å². The second-order valence-electron chi connectivity index (χ2n) is 9.44. The molecule has 0 aliphatic carbocycles. The van der Waals surface area contributed by atoms with Crippen molar-refractivity contribution in [2.75, 3.05) is 10.0 Å². The van der Waals surface area contributed by atoms with E-state index in [0.29, 0.717) is 16.4 Å². The van der Waals surface area contributed by atoms with Crippen molar-refractivity contribution in [2.24, 2.45) is 0 Å². The number of hydrogen-bond donors (Lipinski definition) is 2. The summed E-state index contributed by atoms with van der Waals surface area (Å²) in [5, 5.41) is 3.40. The van der Waals surface area contributed by atoms with Gasteiger partial charge in [0.2, 0.25) is 0 Å². The van der Waals surface area contributed by atoms with E-state index in [1.54, 1.807) is 42.5 Å². The fourth-order valence-electron chi connectivity index (χ4n) is 4.30. The van der Waals surface area contributed by atoms with Crippen molar-refractivity contribution in [3.05, 3.63) is 119 Å². The Hall–Kier alpha value is -4.27. The van der Waals surface area contributed by atoms with Gasteiger partial charge >= 0.3 is 0 Å². The Balaban J connectivity index is 1.34. The molecule has 40 heavy (non-hydrogen) atoms. The predicted molar refractivity (Wildman–Crippen MR) is 163 cm³/mol. The minimum Gasteiger partial charge on any atom is -0.298 e. The normalized spacial score (nSPS) is 11.2. The van der Waals surface area contributed by atoms with E-state index in [4.69, 9.17) is 4.98 Å². The highest BCUT2D eigenvalue weighted by Crippen LogP contribution is 2.34. The summed E-state index contributed by atoms with van der Waals surface area (Å²) in [5.41, 5.74) is 5.73. The molecule has 0 aliphatic heterocycles. The van der Waals surface area contributed by atoms with Crippen molar-refractivity contribution >= 4 is 38.1 Å². The summed E-state index contributed by atoms with van der Waals surface area (Å²) < 4.78 is 28.2. The first-order valence-corrected chi connectivity index (χ1v) is 15.3. The number of carbonyl (C=O) groups is 1. The molecule has 0 saturated carbocycles. The third kappa shape index (κ3) is 6.30. The van der Waals surface area contributed by atoms with Crippen molar-refractivity contribution in [1.29, 1.82) is 0 Å². The second kappa shape index (κ2) is 11.9. The van der Waals surface area contributed by atoms with Crippen LogP contribution in [0, 0.1) is 6.92 Å². The molecule has 1 aromatic heterocycles. The molecule has 0 fully saturated rings. The lowest BCUT2D eigenvalue weighted by molar-refractivity contribution is 0.102. The van der Waals surface area contributed by atoms with Gasteiger partial charge in [0.15, 0.2) is 5.13 Å². The lowest BCUT2D eigenvalue weighted by Crippen LogP contribution is -2.15. The molecule has 5 rings (SSSR count). The number of sulfonamides is 1. The monoisotopic (exact) mass is 567 g/mol. The van der Waals surface area contributed by atoms with E-state index in [-0.39, 0.29) is 10.8 Å². The maximum Gasteiger partial charge on any atom is 0.261 e. The van der Waals surface area contributed by atoms with Gasteiger partial charge in [0.05, 0.1) is 10.6 Å². The number of amides is 1. The summed E-state index contributed by atoms with van der Waals surface area (Å²) in [6.45, 7) is 4.01. The van der Waals surface area contributed by atoms with Crippen molar-refractivity contribution in [1.82, 2.24) is 4.98 Å². The predicted octanol–water partition coefficient (Wildman–Crippen LogP) is 7.79. The van der Waals surface area contributed by atoms with Gasteiger partial charge in [0, 0.05) is 21.7 Å². The molecule has 0 aliphatic rings. The quantitative estimate of drug-likeness (QED) is 0.190. The summed E-state index contributed by atoms with van der Waals surface area (Å²) in [4.78, 5) is 19.2. The molecule has 5 aromatic rings. The van der Waals surface area contributed by atoms with E-state index >= 15 is 0 Å². The topological polar surface area (TPSA) is 88.2 Å². The average molecular weight is 568 g/mol. The van der Waals surface area contributed by atoms with Gasteiger partial charge in [-0.2, -0.15) is 0 Å². The summed E-state index contributed by atoms with van der Waals surface area (Å²) in [6.07, 6.45) is 1.80. The van der Waals surface area contributed by atoms with Gasteiger partial charge in [-0.3, -0.25) is 14.8 Å². The van der Waals surface area contributed by atoms with Crippen molar-refractivity contribution < 1.29 is 13.2 Å². The van der Waals surface area contributed by atoms with Gasteiger partial charge in [-0.1, -0.05) is 91.7 Å². The average Bonchev–Trinajstić information content (AvgIpc) is 3.36. The molecule has 6 nitrogen and oxygen atoms in total. The zero-order chi connectivity index (χ0) is 28.1. The summed E-state index contributed by atoms with van der Waals surface area (Å²) >= 11 is 1.46. The maximum atomic E-state index is 13.1. The first-order chi connectivity index (χ1) is 19.3. The SMILES string of the molecule is CCCc1sc(NC(=O)c2cccc(NS(=O)(=O)c3ccc(C)cc3)c2)nc1-c1ccc(-c2ccccc2)cc1. The largest absolute Gasteiger partial charge is 0.298 e. The van der Waals surface area contributed by atoms with Crippen LogP contribution in [0.3, 0.4) is 0 Å². The molecular formula is C32H29N3O3S2. The number of benzene rings is 4. The smallest absolute Gasteiger partial charge is 0.261 e. The zero-order valence-corrected chi connectivity index (χ0v) is 23.9. The van der Waals surface area contributed by atoms with Crippen LogP contribution in [-0.2, 0) is 16.4 Å². The van der Waals surface area contributed by atoms with Crippen molar-refractivity contribution in [3.63, 3.8) is 0 Å². The number of aromatic nitrogens is 1. The number of nitrogens with one attached hydrogen (secondary N) is 2. The van der Waals surface area contributed by atoms with E-state index in [9.17, 15) is 13.2 Å². The molecular weight excluding hydrogens is 539 g/mol. The summed E-state index contributed by atoms with van der Waals surface area (Å²) in [5.74, 6) is -0.362. The Morgan fingerprint density at radius 1 is 0.825 bits per heavy atom. The lowest BCUT2D eigenvalue weighted by Gasteiger charge is -2.10. The van der Waals surface area contributed by atoms with E-state index in [2.05, 4.69) is 53.4 Å². The molecule has 8 heteroatoms. The van der Waals surface area contributed by atoms with Gasteiger partial charge in [-0.05, 0) is 54.8 Å². The molecule has 0 radical (unpaired) electrons. The van der Waals surface area contributed by atoms with Crippen molar-refractivity contribution in [3.8, 4) is 22.4 Å². The number of thiazole rings is 1. The standard InChI is InChI=1S/C32H29N3O3S2/c1-3-8-29-30(25-17-15-24(16-18-25)23-9-5-4-6-10-23)33-32(39-29)34-31(36)26-11-7-12-27(21-26)35-40(37,38)28-19-13-22(2)14-20-28/h4-7,9-21,35H,3,8H2,1-2H3,(H,33,34,36). The van der Waals surface area contributed by atoms with Crippen LogP contribution < -0.4 is 10.0 Å². The highest BCUT2D eigenvalue weighted by Gasteiger charge is 2.18. The van der Waals surface area contributed by atoms with E-state index in [1.165, 1.54) is 17.4 Å². The molecule has 1 amide bonds. The Morgan fingerprint density at radius 3 is 2.20 bits per heavy atom. The van der Waals surface area contributed by atoms with Crippen LogP contribution in [0.2, 0.25) is 0 Å². The Morgan fingerprint density at radius 2 is 1.50 bits per heavy atom. The fraction of sp³-hybridized carbons (Fsp3) is 0.125. The Labute approximate surface area is 238 Å². The molecule has 4 aromatic carbocycles. The summed E-state index contributed by atoms with van der Waals surface area (Å²) in [7, 11) is -3.78. The van der Waals surface area contributed by atoms with Gasteiger partial charge in [0.25, 0.3) is 15.9 Å². The van der Waals surface area contributed by atoms with E-state index in [0.717, 1.165) is 45.7 Å². The molecule has 0 spiro atoms. The fourth-order valence-corrected chi connectivity index (χ4v) is 6.43. The number of carbonyl (C=O) groups excluding carboxylic acids is 1. The molecule has 2 N–H and O–H groups in total. The molecule has 0 bridgehead atoms. The molecule has 1 heterocycles. The van der Waals surface area contributed by atoms with Crippen LogP contribution in [0.25, 0.3) is 22.4 Å². The lowest BCUT2D eigenvalue weighted by atomic mass is 10.0. The van der Waals surface area contributed by atoms with Crippen LogP contribution in [0.5, 0.6) is 0 Å². The van der Waals surface area contributed by atoms with Crippen LogP contribution in [0.1, 0.15) is 34.1 Å². The van der Waals surface area contributed by atoms with Crippen LogP contribution >= 0.6 is 11.3 Å². The third-order valence-electron chi connectivity index (χ3n) is 6.37. The van der Waals surface area contributed by atoms with Crippen LogP contribution in [0.4, 0.5) is 10.8 Å². The molecule has 0 atom stereocenters. The number of aryl methyl sites for hydroxylation is 2.